The molecule has 1 aliphatic rings. The molecule has 6 nitrogen and oxygen atoms in total. The van der Waals surface area contributed by atoms with Gasteiger partial charge in [0.2, 0.25) is 0 Å². The summed E-state index contributed by atoms with van der Waals surface area (Å²) in [4.78, 5) is 26.4. The standard InChI is InChI=1S/C21H17NO5/c23-18-11-16(20(25)15-7-3-2-6-14(15)18)21(26)27-12-19(24)22-10-9-13-5-1-4-8-17(13)22/h1-8,11,23,25H,9-10,12H2. The molecule has 0 unspecified atom stereocenters. The zero-order valence-electron chi connectivity index (χ0n) is 14.4. The van der Waals surface area contributed by atoms with Crippen LogP contribution in [0.2, 0.25) is 0 Å². The van der Waals surface area contributed by atoms with E-state index in [1.165, 1.54) is 0 Å². The monoisotopic (exact) mass is 363 g/mol. The van der Waals surface area contributed by atoms with E-state index in [0.29, 0.717) is 17.3 Å². The number of aromatic hydroxyl groups is 2. The number of ether oxygens (including phenoxy) is 1. The number of carbonyl (C=O) groups excluding carboxylic acids is 2. The number of phenolic OH excluding ortho intramolecular Hbond substituents is 2. The second-order valence-electron chi connectivity index (χ2n) is 6.34. The quantitative estimate of drug-likeness (QED) is 0.552. The summed E-state index contributed by atoms with van der Waals surface area (Å²) < 4.78 is 5.10. The Bertz CT molecular complexity index is 1060. The van der Waals surface area contributed by atoms with Gasteiger partial charge in [-0.1, -0.05) is 42.5 Å². The molecule has 1 amide bonds. The predicted octanol–water partition coefficient (Wildman–Crippen LogP) is 3.00. The predicted molar refractivity (Wildman–Crippen MR) is 100 cm³/mol. The van der Waals surface area contributed by atoms with Gasteiger partial charge in [-0.2, -0.15) is 0 Å². The summed E-state index contributed by atoms with van der Waals surface area (Å²) in [6.07, 6.45) is 0.759. The van der Waals surface area contributed by atoms with Gasteiger partial charge in [0.15, 0.2) is 6.61 Å². The van der Waals surface area contributed by atoms with Crippen molar-refractivity contribution in [3.63, 3.8) is 0 Å². The van der Waals surface area contributed by atoms with Crippen LogP contribution in [0.1, 0.15) is 15.9 Å². The third kappa shape index (κ3) is 2.95. The Kier molecular flexibility index (Phi) is 4.16. The molecule has 0 bridgehead atoms. The number of amides is 1. The maximum absolute atomic E-state index is 12.4. The van der Waals surface area contributed by atoms with E-state index in [4.69, 9.17) is 4.74 Å². The third-order valence-electron chi connectivity index (χ3n) is 4.73. The SMILES string of the molecule is O=C(OCC(=O)N1CCc2ccccc21)c1cc(O)c2ccccc2c1O. The van der Waals surface area contributed by atoms with Crippen molar-refractivity contribution < 1.29 is 24.5 Å². The number of hydrogen-bond donors (Lipinski definition) is 2. The van der Waals surface area contributed by atoms with Gasteiger partial charge in [0.25, 0.3) is 5.91 Å². The largest absolute Gasteiger partial charge is 0.507 e. The number of para-hydroxylation sites is 1. The van der Waals surface area contributed by atoms with Crippen molar-refractivity contribution in [2.75, 3.05) is 18.1 Å². The average molecular weight is 363 g/mol. The molecule has 0 saturated carbocycles. The molecule has 0 fully saturated rings. The van der Waals surface area contributed by atoms with Crippen LogP contribution in [0.15, 0.2) is 54.6 Å². The maximum atomic E-state index is 12.4. The number of esters is 1. The van der Waals surface area contributed by atoms with Gasteiger partial charge in [-0.25, -0.2) is 4.79 Å². The molecule has 136 valence electrons. The first-order valence-electron chi connectivity index (χ1n) is 8.55. The van der Waals surface area contributed by atoms with E-state index >= 15 is 0 Å². The fraction of sp³-hybridized carbons (Fsp3) is 0.143. The number of nitrogens with zero attached hydrogens (tertiary/aromatic N) is 1. The second-order valence-corrected chi connectivity index (χ2v) is 6.34. The molecule has 3 aromatic rings. The van der Waals surface area contributed by atoms with Gasteiger partial charge in [-0.3, -0.25) is 4.79 Å². The number of anilines is 1. The average Bonchev–Trinajstić information content (AvgIpc) is 3.13. The summed E-state index contributed by atoms with van der Waals surface area (Å²) in [6.45, 7) is 0.0952. The van der Waals surface area contributed by atoms with Gasteiger partial charge in [0, 0.05) is 23.0 Å². The summed E-state index contributed by atoms with van der Waals surface area (Å²) in [5, 5.41) is 21.2. The number of fused-ring (bicyclic) bond motifs is 2. The normalized spacial score (nSPS) is 12.8. The van der Waals surface area contributed by atoms with E-state index in [2.05, 4.69) is 0 Å². The molecule has 6 heteroatoms. The number of phenols is 2. The van der Waals surface area contributed by atoms with Gasteiger partial charge in [-0.05, 0) is 24.1 Å². The molecule has 1 heterocycles. The lowest BCUT2D eigenvalue weighted by molar-refractivity contribution is -0.121. The van der Waals surface area contributed by atoms with Crippen LogP contribution in [0.3, 0.4) is 0 Å². The number of benzene rings is 3. The van der Waals surface area contributed by atoms with Crippen molar-refractivity contribution in [2.24, 2.45) is 0 Å². The van der Waals surface area contributed by atoms with Crippen LogP contribution in [0.25, 0.3) is 10.8 Å². The molecule has 0 spiro atoms. The van der Waals surface area contributed by atoms with Crippen molar-refractivity contribution in [1.82, 2.24) is 0 Å². The van der Waals surface area contributed by atoms with Crippen molar-refractivity contribution in [2.45, 2.75) is 6.42 Å². The van der Waals surface area contributed by atoms with Crippen LogP contribution in [0, 0.1) is 0 Å². The first-order chi connectivity index (χ1) is 13.1. The summed E-state index contributed by atoms with van der Waals surface area (Å²) in [6, 6.07) is 15.4. The lowest BCUT2D eigenvalue weighted by atomic mass is 10.0. The maximum Gasteiger partial charge on any atom is 0.342 e. The molecule has 0 radical (unpaired) electrons. The Morgan fingerprint density at radius 1 is 1.00 bits per heavy atom. The van der Waals surface area contributed by atoms with Crippen LogP contribution in [0.4, 0.5) is 5.69 Å². The molecular weight excluding hydrogens is 346 g/mol. The summed E-state index contributed by atoms with van der Waals surface area (Å²) in [7, 11) is 0. The van der Waals surface area contributed by atoms with E-state index in [9.17, 15) is 19.8 Å². The Morgan fingerprint density at radius 3 is 2.52 bits per heavy atom. The summed E-state index contributed by atoms with van der Waals surface area (Å²) in [5.74, 6) is -1.63. The molecular formula is C21H17NO5. The molecule has 2 N–H and O–H groups in total. The van der Waals surface area contributed by atoms with Gasteiger partial charge in [0.05, 0.1) is 0 Å². The Labute approximate surface area is 155 Å². The van der Waals surface area contributed by atoms with E-state index in [1.807, 2.05) is 24.3 Å². The van der Waals surface area contributed by atoms with Crippen LogP contribution in [-0.2, 0) is 16.0 Å². The van der Waals surface area contributed by atoms with Crippen LogP contribution in [-0.4, -0.2) is 35.2 Å². The third-order valence-corrected chi connectivity index (χ3v) is 4.73. The Hall–Kier alpha value is -3.54. The minimum absolute atomic E-state index is 0.143. The highest BCUT2D eigenvalue weighted by Gasteiger charge is 2.26. The van der Waals surface area contributed by atoms with E-state index in [1.54, 1.807) is 29.2 Å². The van der Waals surface area contributed by atoms with Crippen molar-refractivity contribution in [3.8, 4) is 11.5 Å². The second kappa shape index (κ2) is 6.64. The molecule has 0 atom stereocenters. The van der Waals surface area contributed by atoms with Gasteiger partial charge in [-0.15, -0.1) is 0 Å². The van der Waals surface area contributed by atoms with Crippen LogP contribution >= 0.6 is 0 Å². The lowest BCUT2D eigenvalue weighted by Gasteiger charge is -2.17. The fourth-order valence-corrected chi connectivity index (χ4v) is 3.38. The summed E-state index contributed by atoms with van der Waals surface area (Å²) >= 11 is 0. The first kappa shape index (κ1) is 16.9. The van der Waals surface area contributed by atoms with Gasteiger partial charge < -0.3 is 19.8 Å². The molecule has 1 aliphatic heterocycles. The highest BCUT2D eigenvalue weighted by atomic mass is 16.5. The zero-order valence-corrected chi connectivity index (χ0v) is 14.4. The molecule has 4 rings (SSSR count). The minimum atomic E-state index is -0.866. The highest BCUT2D eigenvalue weighted by Crippen LogP contribution is 2.35. The number of hydrogen-bond acceptors (Lipinski definition) is 5. The molecule has 27 heavy (non-hydrogen) atoms. The first-order valence-corrected chi connectivity index (χ1v) is 8.55. The molecule has 0 saturated heterocycles. The topological polar surface area (TPSA) is 87.1 Å². The Morgan fingerprint density at radius 2 is 1.70 bits per heavy atom. The summed E-state index contributed by atoms with van der Waals surface area (Å²) in [5.41, 5.74) is 1.72. The van der Waals surface area contributed by atoms with Crippen LogP contribution in [0.5, 0.6) is 11.5 Å². The minimum Gasteiger partial charge on any atom is -0.507 e. The van der Waals surface area contributed by atoms with Gasteiger partial charge >= 0.3 is 5.97 Å². The highest BCUT2D eigenvalue weighted by molar-refractivity contribution is 6.04. The fourth-order valence-electron chi connectivity index (χ4n) is 3.38. The van der Waals surface area contributed by atoms with Crippen molar-refractivity contribution in [1.29, 1.82) is 0 Å². The lowest BCUT2D eigenvalue weighted by Crippen LogP contribution is -2.33. The zero-order chi connectivity index (χ0) is 19.0. The number of carbonyl (C=O) groups is 2. The number of rotatable bonds is 3. The van der Waals surface area contributed by atoms with Crippen LogP contribution < -0.4 is 4.90 Å². The molecule has 0 aromatic heterocycles. The van der Waals surface area contributed by atoms with Gasteiger partial charge in [0.1, 0.15) is 17.1 Å². The smallest absolute Gasteiger partial charge is 0.342 e. The van der Waals surface area contributed by atoms with Crippen molar-refractivity contribution >= 4 is 28.3 Å². The van der Waals surface area contributed by atoms with E-state index in [0.717, 1.165) is 23.7 Å². The molecule has 3 aromatic carbocycles. The Balaban J connectivity index is 1.51. The molecule has 0 aliphatic carbocycles. The van der Waals surface area contributed by atoms with E-state index in [-0.39, 0.29) is 23.0 Å². The van der Waals surface area contributed by atoms with E-state index < -0.39 is 12.6 Å². The van der Waals surface area contributed by atoms with Crippen molar-refractivity contribution in [3.05, 3.63) is 65.7 Å².